The van der Waals surface area contributed by atoms with Crippen LogP contribution in [0.25, 0.3) is 0 Å². The first kappa shape index (κ1) is 8.20. The fourth-order valence-electron chi connectivity index (χ4n) is 0.761. The van der Waals surface area contributed by atoms with Gasteiger partial charge in [0.05, 0.1) is 7.11 Å². The number of carbonyl (C=O) groups excluding carboxylic acids is 1. The zero-order valence-electron chi connectivity index (χ0n) is 6.13. The number of aromatic nitrogens is 1. The second-order valence-electron chi connectivity index (χ2n) is 2.05. The lowest BCUT2D eigenvalue weighted by molar-refractivity contribution is 0.0594. The van der Waals surface area contributed by atoms with Crippen LogP contribution in [0.2, 0.25) is 0 Å². The van der Waals surface area contributed by atoms with Gasteiger partial charge in [-0.25, -0.2) is 4.79 Å². The van der Waals surface area contributed by atoms with E-state index in [9.17, 15) is 4.79 Å². The van der Waals surface area contributed by atoms with Crippen molar-refractivity contribution >= 4 is 18.6 Å². The quantitative estimate of drug-likeness (QED) is 0.519. The lowest BCUT2D eigenvalue weighted by Gasteiger charge is -1.93. The molecule has 0 saturated carbocycles. The third kappa shape index (κ3) is 1.77. The average Bonchev–Trinajstić information content (AvgIpc) is 2.50. The van der Waals surface area contributed by atoms with Gasteiger partial charge in [-0.15, -0.1) is 0 Å². The van der Waals surface area contributed by atoms with E-state index in [0.717, 1.165) is 5.69 Å². The van der Waals surface area contributed by atoms with Gasteiger partial charge in [-0.3, -0.25) is 0 Å². The van der Waals surface area contributed by atoms with Crippen LogP contribution in [0.15, 0.2) is 12.1 Å². The molecule has 1 heterocycles. The van der Waals surface area contributed by atoms with Crippen molar-refractivity contribution in [1.29, 1.82) is 0 Å². The predicted octanol–water partition coefficient (Wildman–Crippen LogP) is 1.23. The van der Waals surface area contributed by atoms with E-state index in [4.69, 9.17) is 0 Å². The van der Waals surface area contributed by atoms with Crippen LogP contribution in [0.4, 0.5) is 0 Å². The van der Waals surface area contributed by atoms with Crippen molar-refractivity contribution in [2.45, 2.75) is 5.75 Å². The highest BCUT2D eigenvalue weighted by atomic mass is 32.1. The average molecular weight is 171 g/mol. The number of H-pyrrole nitrogens is 1. The fourth-order valence-corrected chi connectivity index (χ4v) is 0.946. The molecule has 0 radical (unpaired) electrons. The summed E-state index contributed by atoms with van der Waals surface area (Å²) in [5.41, 5.74) is 1.38. The molecular formula is C7H9NO2S. The van der Waals surface area contributed by atoms with Crippen molar-refractivity contribution in [2.75, 3.05) is 7.11 Å². The van der Waals surface area contributed by atoms with Crippen molar-refractivity contribution in [3.8, 4) is 0 Å². The highest BCUT2D eigenvalue weighted by molar-refractivity contribution is 7.79. The number of aromatic amines is 1. The van der Waals surface area contributed by atoms with Crippen LogP contribution >= 0.6 is 12.6 Å². The fraction of sp³-hybridized carbons (Fsp3) is 0.286. The van der Waals surface area contributed by atoms with Crippen molar-refractivity contribution < 1.29 is 9.53 Å². The standard InChI is InChI=1S/C7H9NO2S/c1-10-7(9)6-3-2-5(4-11)8-6/h2-3,8,11H,4H2,1H3. The van der Waals surface area contributed by atoms with Gasteiger partial charge in [0.25, 0.3) is 0 Å². The van der Waals surface area contributed by atoms with E-state index < -0.39 is 0 Å². The zero-order chi connectivity index (χ0) is 8.27. The predicted molar refractivity (Wildman–Crippen MR) is 44.8 cm³/mol. The second kappa shape index (κ2) is 3.48. The summed E-state index contributed by atoms with van der Waals surface area (Å²) in [5.74, 6) is 0.245. The first-order chi connectivity index (χ1) is 5.27. The van der Waals surface area contributed by atoms with Gasteiger partial charge in [-0.05, 0) is 12.1 Å². The summed E-state index contributed by atoms with van der Waals surface area (Å²) in [6.45, 7) is 0. The Hall–Kier alpha value is -0.900. The smallest absolute Gasteiger partial charge is 0.354 e. The molecule has 0 atom stereocenters. The molecule has 1 rings (SSSR count). The van der Waals surface area contributed by atoms with Crippen molar-refractivity contribution in [3.05, 3.63) is 23.5 Å². The molecule has 0 saturated heterocycles. The molecule has 0 aliphatic heterocycles. The molecule has 0 aliphatic carbocycles. The number of carbonyl (C=O) groups is 1. The van der Waals surface area contributed by atoms with Crippen molar-refractivity contribution in [1.82, 2.24) is 4.98 Å². The van der Waals surface area contributed by atoms with E-state index in [-0.39, 0.29) is 5.97 Å². The minimum Gasteiger partial charge on any atom is -0.464 e. The van der Waals surface area contributed by atoms with Gasteiger partial charge < -0.3 is 9.72 Å². The van der Waals surface area contributed by atoms with E-state index >= 15 is 0 Å². The van der Waals surface area contributed by atoms with Gasteiger partial charge in [-0.2, -0.15) is 12.6 Å². The maximum atomic E-state index is 10.9. The lowest BCUT2D eigenvalue weighted by Crippen LogP contribution is -2.01. The number of methoxy groups -OCH3 is 1. The Morgan fingerprint density at radius 1 is 1.73 bits per heavy atom. The minimum atomic E-state index is -0.349. The number of nitrogens with one attached hydrogen (secondary N) is 1. The molecule has 0 unspecified atom stereocenters. The maximum Gasteiger partial charge on any atom is 0.354 e. The van der Waals surface area contributed by atoms with Crippen LogP contribution in [0.3, 0.4) is 0 Å². The molecule has 1 aromatic heterocycles. The Kier molecular flexibility index (Phi) is 2.59. The molecule has 0 amide bonds. The Labute approximate surface area is 70.2 Å². The topological polar surface area (TPSA) is 42.1 Å². The van der Waals surface area contributed by atoms with Crippen LogP contribution < -0.4 is 0 Å². The molecule has 0 spiro atoms. The van der Waals surface area contributed by atoms with Crippen LogP contribution in [0, 0.1) is 0 Å². The van der Waals surface area contributed by atoms with Gasteiger partial charge in [0.1, 0.15) is 5.69 Å². The number of hydrogen-bond donors (Lipinski definition) is 2. The molecule has 1 aromatic rings. The van der Waals surface area contributed by atoms with Gasteiger partial charge in [-0.1, -0.05) is 0 Å². The van der Waals surface area contributed by atoms with Gasteiger partial charge in [0.2, 0.25) is 0 Å². The third-order valence-corrected chi connectivity index (χ3v) is 1.66. The van der Waals surface area contributed by atoms with Gasteiger partial charge in [0.15, 0.2) is 0 Å². The molecule has 0 aliphatic rings. The summed E-state index contributed by atoms with van der Waals surface area (Å²) in [6, 6.07) is 3.48. The Morgan fingerprint density at radius 3 is 2.91 bits per heavy atom. The molecule has 1 N–H and O–H groups in total. The number of esters is 1. The van der Waals surface area contributed by atoms with Crippen molar-refractivity contribution in [2.24, 2.45) is 0 Å². The number of thiol groups is 1. The molecule has 60 valence electrons. The molecule has 3 nitrogen and oxygen atoms in total. The van der Waals surface area contributed by atoms with Gasteiger partial charge >= 0.3 is 5.97 Å². The Morgan fingerprint density at radius 2 is 2.45 bits per heavy atom. The normalized spacial score (nSPS) is 9.64. The maximum absolute atomic E-state index is 10.9. The third-order valence-electron chi connectivity index (χ3n) is 1.32. The van der Waals surface area contributed by atoms with Crippen LogP contribution in [-0.4, -0.2) is 18.1 Å². The summed E-state index contributed by atoms with van der Waals surface area (Å²) >= 11 is 4.04. The number of ether oxygens (including phenoxy) is 1. The van der Waals surface area contributed by atoms with E-state index in [0.29, 0.717) is 11.4 Å². The number of rotatable bonds is 2. The molecule has 0 aromatic carbocycles. The molecule has 4 heteroatoms. The summed E-state index contributed by atoms with van der Waals surface area (Å²) < 4.78 is 4.50. The molecule has 11 heavy (non-hydrogen) atoms. The van der Waals surface area contributed by atoms with E-state index in [1.54, 1.807) is 12.1 Å². The minimum absolute atomic E-state index is 0.349. The largest absolute Gasteiger partial charge is 0.464 e. The lowest BCUT2D eigenvalue weighted by atomic mass is 10.4. The number of hydrogen-bond acceptors (Lipinski definition) is 3. The summed E-state index contributed by atoms with van der Waals surface area (Å²) in [7, 11) is 1.35. The molecule has 0 bridgehead atoms. The monoisotopic (exact) mass is 171 g/mol. The Balaban J connectivity index is 2.80. The van der Waals surface area contributed by atoms with Gasteiger partial charge in [0, 0.05) is 11.4 Å². The first-order valence-corrected chi connectivity index (χ1v) is 3.78. The van der Waals surface area contributed by atoms with E-state index in [1.165, 1.54) is 7.11 Å². The van der Waals surface area contributed by atoms with Crippen molar-refractivity contribution in [3.63, 3.8) is 0 Å². The molecule has 0 fully saturated rings. The highest BCUT2D eigenvalue weighted by Gasteiger charge is 2.06. The second-order valence-corrected chi connectivity index (χ2v) is 2.36. The Bertz CT molecular complexity index is 257. The summed E-state index contributed by atoms with van der Waals surface area (Å²) in [6.07, 6.45) is 0. The summed E-state index contributed by atoms with van der Waals surface area (Å²) in [4.78, 5) is 13.7. The van der Waals surface area contributed by atoms with E-state index in [2.05, 4.69) is 22.3 Å². The summed E-state index contributed by atoms with van der Waals surface area (Å²) in [5, 5.41) is 0. The SMILES string of the molecule is COC(=O)c1ccc(CS)[nH]1. The van der Waals surface area contributed by atoms with Crippen LogP contribution in [0.5, 0.6) is 0 Å². The zero-order valence-corrected chi connectivity index (χ0v) is 7.02. The first-order valence-electron chi connectivity index (χ1n) is 3.15. The van der Waals surface area contributed by atoms with Crippen LogP contribution in [0.1, 0.15) is 16.2 Å². The highest BCUT2D eigenvalue weighted by Crippen LogP contribution is 2.04. The van der Waals surface area contributed by atoms with Crippen LogP contribution in [-0.2, 0) is 10.5 Å². The molecular weight excluding hydrogens is 162 g/mol. The van der Waals surface area contributed by atoms with E-state index in [1.807, 2.05) is 0 Å².